The molecule has 8 unspecified atom stereocenters. The number of carboxylic acids is 1. The van der Waals surface area contributed by atoms with E-state index < -0.39 is 65.4 Å². The highest BCUT2D eigenvalue weighted by molar-refractivity contribution is 7.09. The van der Waals surface area contributed by atoms with E-state index in [-0.39, 0.29) is 79.4 Å². The monoisotopic (exact) mass is 1080 g/mol. The molecule has 76 heavy (non-hydrogen) atoms. The number of aromatic nitrogens is 1. The Morgan fingerprint density at radius 2 is 1.70 bits per heavy atom. The van der Waals surface area contributed by atoms with Gasteiger partial charge in [0.25, 0.3) is 17.7 Å². The number of nitrogens with one attached hydrogen (secondary N) is 4. The molecule has 0 spiro atoms. The number of hydrogen-bond acceptors (Lipinski definition) is 14. The molecule has 21 heteroatoms. The fourth-order valence-corrected chi connectivity index (χ4v) is 11.1. The lowest BCUT2D eigenvalue weighted by Gasteiger charge is -2.42. The van der Waals surface area contributed by atoms with E-state index >= 15 is 0 Å². The maximum Gasteiger partial charge on any atom is 0.311 e. The molecule has 20 nitrogen and oxygen atoms in total. The first kappa shape index (κ1) is 60.8. The van der Waals surface area contributed by atoms with Gasteiger partial charge < -0.3 is 41.7 Å². The molecule has 7 N–H and O–H groups in total. The van der Waals surface area contributed by atoms with Crippen LogP contribution in [0.2, 0.25) is 0 Å². The number of rotatable bonds is 26. The summed E-state index contributed by atoms with van der Waals surface area (Å²) >= 11 is 1.13. The van der Waals surface area contributed by atoms with Crippen LogP contribution in [-0.2, 0) is 49.5 Å². The van der Waals surface area contributed by atoms with Gasteiger partial charge in [-0.1, -0.05) is 54.0 Å². The Kier molecular flexibility index (Phi) is 22.3. The number of carbonyl (C=O) groups excluding carboxylic acids is 8. The van der Waals surface area contributed by atoms with Crippen LogP contribution in [0.5, 0.6) is 0 Å². The molecule has 2 aromatic rings. The van der Waals surface area contributed by atoms with Crippen molar-refractivity contribution in [2.24, 2.45) is 23.0 Å². The average Bonchev–Trinajstić information content (AvgIpc) is 3.98. The Morgan fingerprint density at radius 1 is 0.987 bits per heavy atom. The van der Waals surface area contributed by atoms with Crippen LogP contribution in [0.1, 0.15) is 165 Å². The second kappa shape index (κ2) is 27.8. The molecule has 0 radical (unpaired) electrons. The Balaban J connectivity index is 1.24. The summed E-state index contributed by atoms with van der Waals surface area (Å²) in [7, 11) is 1.93. The van der Waals surface area contributed by atoms with Gasteiger partial charge in [0.2, 0.25) is 23.6 Å². The number of piperidine rings is 1. The zero-order valence-electron chi connectivity index (χ0n) is 45.8. The molecule has 7 amide bonds. The number of unbranched alkanes of at least 4 members (excludes halogenated alkanes) is 3. The van der Waals surface area contributed by atoms with Crippen molar-refractivity contribution in [3.05, 3.63) is 57.6 Å². The van der Waals surface area contributed by atoms with Crippen molar-refractivity contribution >= 4 is 70.3 Å². The zero-order valence-corrected chi connectivity index (χ0v) is 46.6. The number of amides is 7. The van der Waals surface area contributed by atoms with Gasteiger partial charge in [-0.2, -0.15) is 0 Å². The average molecular weight is 1080 g/mol. The minimum absolute atomic E-state index is 0.0429. The first-order valence-corrected chi connectivity index (χ1v) is 27.7. The third-order valence-electron chi connectivity index (χ3n) is 14.6. The number of thiazole rings is 1. The highest BCUT2D eigenvalue weighted by Crippen LogP contribution is 2.36. The number of hydrogen-bond donors (Lipinski definition) is 6. The van der Waals surface area contributed by atoms with Crippen LogP contribution in [0.4, 0.5) is 5.69 Å². The Hall–Kier alpha value is -6.06. The predicted molar refractivity (Wildman–Crippen MR) is 288 cm³/mol. The van der Waals surface area contributed by atoms with Crippen LogP contribution in [0.25, 0.3) is 0 Å². The summed E-state index contributed by atoms with van der Waals surface area (Å²) in [6, 6.07) is 1.83. The van der Waals surface area contributed by atoms with Gasteiger partial charge in [0.05, 0.1) is 12.0 Å². The molecule has 5 rings (SSSR count). The van der Waals surface area contributed by atoms with Crippen LogP contribution < -0.4 is 27.0 Å². The summed E-state index contributed by atoms with van der Waals surface area (Å²) in [4.78, 5) is 128. The molecular formula is C55H81N9O11S. The minimum atomic E-state index is -1.12. The van der Waals surface area contributed by atoms with E-state index in [1.807, 2.05) is 53.5 Å². The third-order valence-corrected chi connectivity index (χ3v) is 15.6. The van der Waals surface area contributed by atoms with Crippen LogP contribution in [-0.4, -0.2) is 142 Å². The number of carboxylic acid groups (broad SMARTS) is 1. The number of likely N-dealkylation sites (N-methyl/N-ethyl adjacent to an activating group) is 2. The summed E-state index contributed by atoms with van der Waals surface area (Å²) in [5, 5.41) is 24.1. The standard InChI is InChI=1S/C55H81N9O11S/c1-10-63(53(72)48(55(6,7)8)61-51(71)43-26-33(4)22-25-62(43)9)42(32(2)3)30-44(75-34(5)65)52-60-41(31-76-52)50(70)58-37-27-35-18-19-36(28-38(35)39(29-37)54(73)74)57-49(69)40(16-13-14-23-56)59-45(66)17-12-11-15-24-64-46(67)20-21-47(64)68/h18-21,28,31-33,37,39-40,42-44,48H,10-17,22-27,29-30,56H2,1-9H3,(H,57,69)(H,58,70)(H,59,66)(H,61,71)(H,73,74). The number of likely N-dealkylation sites (tertiary alicyclic amines) is 1. The summed E-state index contributed by atoms with van der Waals surface area (Å²) in [5.41, 5.74) is 6.61. The lowest BCUT2D eigenvalue weighted by molar-refractivity contribution is -0.150. The van der Waals surface area contributed by atoms with Gasteiger partial charge in [-0.15, -0.1) is 11.3 Å². The molecule has 3 heterocycles. The number of anilines is 1. The van der Waals surface area contributed by atoms with Crippen molar-refractivity contribution in [1.82, 2.24) is 35.6 Å². The molecule has 1 fully saturated rings. The van der Waals surface area contributed by atoms with Crippen molar-refractivity contribution < 1.29 is 53.0 Å². The second-order valence-electron chi connectivity index (χ2n) is 22.1. The Labute approximate surface area is 451 Å². The first-order valence-electron chi connectivity index (χ1n) is 26.9. The number of benzene rings is 1. The van der Waals surface area contributed by atoms with Gasteiger partial charge in [-0.3, -0.25) is 53.0 Å². The summed E-state index contributed by atoms with van der Waals surface area (Å²) in [5.74, 6) is -4.96. The third kappa shape index (κ3) is 16.7. The van der Waals surface area contributed by atoms with E-state index in [2.05, 4.69) is 33.2 Å². The SMILES string of the molecule is CCN(C(=O)C(NC(=O)C1CC(C)CCN1C)C(C)(C)C)C(CC(OC(C)=O)c1nc(C(=O)NC2Cc3ccc(NC(=O)C(CCCCN)NC(=O)CCCCCN4C(=O)C=CC4=O)cc3C(C(=O)O)C2)cs1)C(C)C. The quantitative estimate of drug-likeness (QED) is 0.0400. The van der Waals surface area contributed by atoms with Crippen molar-refractivity contribution in [3.8, 4) is 0 Å². The maximum absolute atomic E-state index is 14.7. The predicted octanol–water partition coefficient (Wildman–Crippen LogP) is 5.22. The van der Waals surface area contributed by atoms with Crippen LogP contribution in [0.15, 0.2) is 35.7 Å². The normalized spacial score (nSPS) is 20.3. The van der Waals surface area contributed by atoms with Gasteiger partial charge >= 0.3 is 11.9 Å². The Morgan fingerprint density at radius 3 is 2.33 bits per heavy atom. The molecule has 0 saturated carbocycles. The topological polar surface area (TPSA) is 280 Å². The fraction of sp³-hybridized carbons (Fsp3) is 0.636. The number of esters is 1. The molecule has 418 valence electrons. The highest BCUT2D eigenvalue weighted by Gasteiger charge is 2.42. The lowest BCUT2D eigenvalue weighted by Crippen LogP contribution is -2.60. The van der Waals surface area contributed by atoms with Gasteiger partial charge in [-0.05, 0) is 125 Å². The molecule has 0 bridgehead atoms. The molecule has 1 saturated heterocycles. The molecule has 1 aliphatic carbocycles. The number of carbonyl (C=O) groups is 9. The van der Waals surface area contributed by atoms with Crippen LogP contribution in [0.3, 0.4) is 0 Å². The van der Waals surface area contributed by atoms with Crippen LogP contribution in [0, 0.1) is 17.3 Å². The van der Waals surface area contributed by atoms with E-state index in [0.29, 0.717) is 85.8 Å². The van der Waals surface area contributed by atoms with Gasteiger partial charge in [0.1, 0.15) is 22.8 Å². The van der Waals surface area contributed by atoms with Crippen molar-refractivity contribution in [3.63, 3.8) is 0 Å². The summed E-state index contributed by atoms with van der Waals surface area (Å²) in [6.45, 7) is 16.8. The van der Waals surface area contributed by atoms with E-state index in [0.717, 1.165) is 29.2 Å². The first-order chi connectivity index (χ1) is 35.9. The van der Waals surface area contributed by atoms with Gasteiger partial charge in [0.15, 0.2) is 6.10 Å². The van der Waals surface area contributed by atoms with Crippen molar-refractivity contribution in [1.29, 1.82) is 0 Å². The number of fused-ring (bicyclic) bond motifs is 1. The second-order valence-corrected chi connectivity index (χ2v) is 22.9. The minimum Gasteiger partial charge on any atom is -0.481 e. The van der Waals surface area contributed by atoms with Crippen molar-refractivity contribution in [2.75, 3.05) is 38.5 Å². The Bertz CT molecular complexity index is 2440. The highest BCUT2D eigenvalue weighted by atomic mass is 32.1. The van der Waals surface area contributed by atoms with E-state index in [4.69, 9.17) is 10.5 Å². The summed E-state index contributed by atoms with van der Waals surface area (Å²) < 4.78 is 5.86. The summed E-state index contributed by atoms with van der Waals surface area (Å²) in [6.07, 6.45) is 7.01. The van der Waals surface area contributed by atoms with Gasteiger partial charge in [0, 0.05) is 68.2 Å². The van der Waals surface area contributed by atoms with E-state index in [1.54, 1.807) is 28.5 Å². The molecule has 3 aliphatic rings. The van der Waals surface area contributed by atoms with Gasteiger partial charge in [-0.25, -0.2) is 4.98 Å². The van der Waals surface area contributed by atoms with Crippen molar-refractivity contribution in [2.45, 2.75) is 175 Å². The number of imide groups is 1. The smallest absolute Gasteiger partial charge is 0.311 e. The van der Waals surface area contributed by atoms with E-state index in [9.17, 15) is 48.3 Å². The number of ether oxygens (including phenoxy) is 1. The van der Waals surface area contributed by atoms with Crippen LogP contribution >= 0.6 is 11.3 Å². The molecular weight excluding hydrogens is 995 g/mol. The number of nitrogens with two attached hydrogens (primary N) is 1. The molecule has 8 atom stereocenters. The molecule has 2 aliphatic heterocycles. The fourth-order valence-electron chi connectivity index (χ4n) is 10.3. The number of nitrogens with zero attached hydrogens (tertiary/aromatic N) is 4. The van der Waals surface area contributed by atoms with E-state index in [1.165, 1.54) is 19.1 Å². The largest absolute Gasteiger partial charge is 0.481 e. The maximum atomic E-state index is 14.7. The zero-order chi connectivity index (χ0) is 56.0. The number of aliphatic carboxylic acids is 1. The molecule has 1 aromatic heterocycles. The molecule has 1 aromatic carbocycles. The lowest BCUT2D eigenvalue weighted by atomic mass is 9.79.